The van der Waals surface area contributed by atoms with Gasteiger partial charge in [-0.05, 0) is 54.9 Å². The molecule has 2 unspecified atom stereocenters. The first-order valence-corrected chi connectivity index (χ1v) is 7.77. The molecule has 1 aromatic heterocycles. The lowest BCUT2D eigenvalue weighted by atomic mass is 9.70. The van der Waals surface area contributed by atoms with Gasteiger partial charge in [-0.1, -0.05) is 20.8 Å². The van der Waals surface area contributed by atoms with Crippen LogP contribution in [0.2, 0.25) is 0 Å². The van der Waals surface area contributed by atoms with Gasteiger partial charge in [-0.2, -0.15) is 0 Å². The minimum Gasteiger partial charge on any atom is -0.444 e. The lowest BCUT2D eigenvalue weighted by Gasteiger charge is -2.39. The molecule has 2 atom stereocenters. The van der Waals surface area contributed by atoms with Crippen molar-refractivity contribution in [1.82, 2.24) is 4.98 Å². The van der Waals surface area contributed by atoms with Crippen LogP contribution in [0.25, 0.3) is 11.3 Å². The van der Waals surface area contributed by atoms with E-state index in [-0.39, 0.29) is 0 Å². The van der Waals surface area contributed by atoms with Gasteiger partial charge in [0.05, 0.1) is 6.20 Å². The van der Waals surface area contributed by atoms with E-state index >= 15 is 0 Å². The predicted octanol–water partition coefficient (Wildman–Crippen LogP) is 4.97. The van der Waals surface area contributed by atoms with Crippen LogP contribution in [0.4, 0.5) is 5.69 Å². The Kier molecular flexibility index (Phi) is 3.75. The van der Waals surface area contributed by atoms with E-state index in [1.54, 1.807) is 6.20 Å². The number of aromatic nitrogens is 1. The molecule has 3 heteroatoms. The lowest BCUT2D eigenvalue weighted by molar-refractivity contribution is 0.178. The maximum atomic E-state index is 5.32. The van der Waals surface area contributed by atoms with Gasteiger partial charge in [0.25, 0.3) is 0 Å². The molecular formula is C18H24N2O. The van der Waals surface area contributed by atoms with Crippen molar-refractivity contribution < 1.29 is 4.42 Å². The third kappa shape index (κ3) is 3.46. The monoisotopic (exact) mass is 284 g/mol. The van der Waals surface area contributed by atoms with Crippen LogP contribution in [-0.4, -0.2) is 11.0 Å². The van der Waals surface area contributed by atoms with Crippen molar-refractivity contribution >= 4 is 5.69 Å². The summed E-state index contributed by atoms with van der Waals surface area (Å²) in [5.41, 5.74) is 2.69. The molecule has 1 heterocycles. The summed E-state index contributed by atoms with van der Waals surface area (Å²) >= 11 is 0. The van der Waals surface area contributed by atoms with Crippen molar-refractivity contribution in [2.45, 2.75) is 46.1 Å². The second-order valence-electron chi connectivity index (χ2n) is 7.20. The normalized spacial score (nSPS) is 24.7. The molecule has 112 valence electrons. The summed E-state index contributed by atoms with van der Waals surface area (Å²) < 4.78 is 5.32. The van der Waals surface area contributed by atoms with Crippen LogP contribution in [0, 0.1) is 11.3 Å². The molecule has 1 aliphatic rings. The number of nitrogens with zero attached hydrogens (tertiary/aromatic N) is 1. The first kappa shape index (κ1) is 14.2. The van der Waals surface area contributed by atoms with Gasteiger partial charge in [0, 0.05) is 17.3 Å². The second-order valence-corrected chi connectivity index (χ2v) is 7.20. The van der Waals surface area contributed by atoms with Crippen molar-refractivity contribution in [1.29, 1.82) is 0 Å². The van der Waals surface area contributed by atoms with Gasteiger partial charge < -0.3 is 9.73 Å². The second kappa shape index (κ2) is 5.55. The number of oxazole rings is 1. The zero-order valence-corrected chi connectivity index (χ0v) is 13.1. The van der Waals surface area contributed by atoms with Gasteiger partial charge in [-0.25, -0.2) is 4.98 Å². The van der Waals surface area contributed by atoms with Crippen molar-refractivity contribution in [2.75, 3.05) is 5.32 Å². The van der Waals surface area contributed by atoms with Gasteiger partial charge in [-0.3, -0.25) is 0 Å². The van der Waals surface area contributed by atoms with Crippen molar-refractivity contribution in [3.05, 3.63) is 36.9 Å². The van der Waals surface area contributed by atoms with Crippen LogP contribution in [-0.2, 0) is 0 Å². The van der Waals surface area contributed by atoms with Gasteiger partial charge >= 0.3 is 0 Å². The molecule has 2 aromatic rings. The molecule has 21 heavy (non-hydrogen) atoms. The molecule has 1 saturated carbocycles. The minimum absolute atomic E-state index is 0.440. The average Bonchev–Trinajstić information content (AvgIpc) is 2.91. The molecule has 1 fully saturated rings. The van der Waals surface area contributed by atoms with Crippen molar-refractivity contribution in [3.63, 3.8) is 0 Å². The fraction of sp³-hybridized carbons (Fsp3) is 0.500. The van der Waals surface area contributed by atoms with Gasteiger partial charge in [-0.15, -0.1) is 0 Å². The summed E-state index contributed by atoms with van der Waals surface area (Å²) in [5, 5.41) is 3.69. The molecule has 1 N–H and O–H groups in total. The van der Waals surface area contributed by atoms with Gasteiger partial charge in [0.2, 0.25) is 0 Å². The third-order valence-electron chi connectivity index (χ3n) is 4.36. The molecule has 3 nitrogen and oxygen atoms in total. The van der Waals surface area contributed by atoms with E-state index < -0.39 is 0 Å². The molecule has 0 saturated heterocycles. The largest absolute Gasteiger partial charge is 0.444 e. The Morgan fingerprint density at radius 1 is 1.19 bits per heavy atom. The van der Waals surface area contributed by atoms with E-state index in [1.807, 2.05) is 0 Å². The van der Waals surface area contributed by atoms with E-state index in [2.05, 4.69) is 55.3 Å². The van der Waals surface area contributed by atoms with Crippen LogP contribution in [0.1, 0.15) is 40.0 Å². The Morgan fingerprint density at radius 2 is 1.95 bits per heavy atom. The average molecular weight is 284 g/mol. The standard InChI is InChI=1S/C18H24N2O/c1-13-8-16(10-18(2,3)9-13)20-15-6-4-14(5-7-15)17-11-19-12-21-17/h4-7,11-13,16,20H,8-10H2,1-3H3. The molecule has 0 spiro atoms. The van der Waals surface area contributed by atoms with Crippen LogP contribution in [0.15, 0.2) is 41.3 Å². The zero-order chi connectivity index (χ0) is 14.9. The van der Waals surface area contributed by atoms with Crippen LogP contribution in [0.3, 0.4) is 0 Å². The van der Waals surface area contributed by atoms with E-state index in [9.17, 15) is 0 Å². The van der Waals surface area contributed by atoms with Crippen LogP contribution < -0.4 is 5.32 Å². The Hall–Kier alpha value is -1.77. The lowest BCUT2D eigenvalue weighted by Crippen LogP contribution is -2.35. The number of anilines is 1. The van der Waals surface area contributed by atoms with E-state index in [4.69, 9.17) is 4.42 Å². The first-order chi connectivity index (χ1) is 10.0. The zero-order valence-electron chi connectivity index (χ0n) is 13.1. The Labute approximate surface area is 126 Å². The molecule has 1 aliphatic carbocycles. The Balaban J connectivity index is 1.68. The summed E-state index contributed by atoms with van der Waals surface area (Å²) in [5.74, 6) is 1.61. The molecule has 0 aliphatic heterocycles. The SMILES string of the molecule is CC1CC(Nc2ccc(-c3cnco3)cc2)CC(C)(C)C1. The smallest absolute Gasteiger partial charge is 0.181 e. The van der Waals surface area contributed by atoms with Crippen molar-refractivity contribution in [2.24, 2.45) is 11.3 Å². The highest BCUT2D eigenvalue weighted by atomic mass is 16.3. The summed E-state index contributed by atoms with van der Waals surface area (Å²) in [6.45, 7) is 7.12. The fourth-order valence-corrected chi connectivity index (χ4v) is 3.78. The number of nitrogens with one attached hydrogen (secondary N) is 1. The maximum absolute atomic E-state index is 5.32. The molecular weight excluding hydrogens is 260 g/mol. The van der Waals surface area contributed by atoms with Crippen LogP contribution in [0.5, 0.6) is 0 Å². The first-order valence-electron chi connectivity index (χ1n) is 7.77. The van der Waals surface area contributed by atoms with Crippen molar-refractivity contribution in [3.8, 4) is 11.3 Å². The number of hydrogen-bond acceptors (Lipinski definition) is 3. The number of rotatable bonds is 3. The summed E-state index contributed by atoms with van der Waals surface area (Å²) in [6, 6.07) is 8.99. The summed E-state index contributed by atoms with van der Waals surface area (Å²) in [6.07, 6.45) is 7.03. The maximum Gasteiger partial charge on any atom is 0.181 e. The Bertz CT molecular complexity index is 572. The fourth-order valence-electron chi connectivity index (χ4n) is 3.78. The predicted molar refractivity (Wildman–Crippen MR) is 86.1 cm³/mol. The molecule has 3 rings (SSSR count). The Morgan fingerprint density at radius 3 is 2.57 bits per heavy atom. The molecule has 0 radical (unpaired) electrons. The summed E-state index contributed by atoms with van der Waals surface area (Å²) in [7, 11) is 0. The minimum atomic E-state index is 0.440. The summed E-state index contributed by atoms with van der Waals surface area (Å²) in [4.78, 5) is 3.96. The van der Waals surface area contributed by atoms with Gasteiger partial charge in [0.15, 0.2) is 12.2 Å². The highest BCUT2D eigenvalue weighted by Gasteiger charge is 2.31. The highest BCUT2D eigenvalue weighted by molar-refractivity contribution is 5.60. The number of hydrogen-bond donors (Lipinski definition) is 1. The third-order valence-corrected chi connectivity index (χ3v) is 4.36. The molecule has 0 bridgehead atoms. The van der Waals surface area contributed by atoms with E-state index in [1.165, 1.54) is 31.3 Å². The number of benzene rings is 1. The topological polar surface area (TPSA) is 38.1 Å². The molecule has 0 amide bonds. The van der Waals surface area contributed by atoms with Gasteiger partial charge in [0.1, 0.15) is 0 Å². The molecule has 1 aromatic carbocycles. The van der Waals surface area contributed by atoms with Crippen LogP contribution >= 0.6 is 0 Å². The quantitative estimate of drug-likeness (QED) is 0.865. The highest BCUT2D eigenvalue weighted by Crippen LogP contribution is 2.39. The van der Waals surface area contributed by atoms with E-state index in [0.29, 0.717) is 11.5 Å². The van der Waals surface area contributed by atoms with E-state index in [0.717, 1.165) is 17.2 Å².